The van der Waals surface area contributed by atoms with Gasteiger partial charge in [-0.1, -0.05) is 35.9 Å². The van der Waals surface area contributed by atoms with E-state index >= 15 is 0 Å². The summed E-state index contributed by atoms with van der Waals surface area (Å²) in [6.45, 7) is 7.86. The Balaban J connectivity index is 2.37. The number of carboxylic acid groups (broad SMARTS) is 1. The van der Waals surface area contributed by atoms with Crippen LogP contribution in [0.4, 0.5) is 0 Å². The SMILES string of the molecule is Cc1ccc(/C(=C/c2ccc(OC(C)C)cc2)C(=O)O)c(C)c1. The topological polar surface area (TPSA) is 46.5 Å². The van der Waals surface area contributed by atoms with Crippen LogP contribution < -0.4 is 4.74 Å². The fourth-order valence-electron chi connectivity index (χ4n) is 2.45. The van der Waals surface area contributed by atoms with Gasteiger partial charge in [0.15, 0.2) is 0 Å². The summed E-state index contributed by atoms with van der Waals surface area (Å²) in [6, 6.07) is 13.2. The van der Waals surface area contributed by atoms with Crippen LogP contribution in [-0.2, 0) is 4.79 Å². The highest BCUT2D eigenvalue weighted by Gasteiger charge is 2.13. The number of hydrogen-bond acceptors (Lipinski definition) is 2. The van der Waals surface area contributed by atoms with Crippen LogP contribution in [0.5, 0.6) is 5.75 Å². The monoisotopic (exact) mass is 310 g/mol. The van der Waals surface area contributed by atoms with Crippen LogP contribution in [0.25, 0.3) is 11.6 Å². The number of ether oxygens (including phenoxy) is 1. The first-order valence-electron chi connectivity index (χ1n) is 7.66. The van der Waals surface area contributed by atoms with Crippen molar-refractivity contribution in [3.05, 3.63) is 64.7 Å². The van der Waals surface area contributed by atoms with Gasteiger partial charge in [0, 0.05) is 0 Å². The Labute approximate surface area is 137 Å². The van der Waals surface area contributed by atoms with Gasteiger partial charge >= 0.3 is 5.97 Å². The van der Waals surface area contributed by atoms with Crippen LogP contribution >= 0.6 is 0 Å². The molecule has 0 fully saturated rings. The maximum atomic E-state index is 11.7. The van der Waals surface area contributed by atoms with E-state index in [1.807, 2.05) is 70.2 Å². The largest absolute Gasteiger partial charge is 0.491 e. The molecular weight excluding hydrogens is 288 g/mol. The maximum absolute atomic E-state index is 11.7. The first kappa shape index (κ1) is 16.8. The highest BCUT2D eigenvalue weighted by molar-refractivity contribution is 6.21. The highest BCUT2D eigenvalue weighted by atomic mass is 16.5. The molecular formula is C20H22O3. The van der Waals surface area contributed by atoms with Crippen molar-refractivity contribution >= 4 is 17.6 Å². The predicted octanol–water partition coefficient (Wildman–Crippen LogP) is 4.72. The number of aliphatic carboxylic acids is 1. The molecule has 0 spiro atoms. The van der Waals surface area contributed by atoms with Gasteiger partial charge in [0.05, 0.1) is 11.7 Å². The molecule has 1 N–H and O–H groups in total. The van der Waals surface area contributed by atoms with Crippen molar-refractivity contribution in [1.82, 2.24) is 0 Å². The van der Waals surface area contributed by atoms with Crippen molar-refractivity contribution in [2.24, 2.45) is 0 Å². The molecule has 23 heavy (non-hydrogen) atoms. The Bertz CT molecular complexity index is 725. The third-order valence-electron chi connectivity index (χ3n) is 3.47. The molecule has 2 rings (SSSR count). The maximum Gasteiger partial charge on any atom is 0.336 e. The van der Waals surface area contributed by atoms with Crippen LogP contribution in [0.2, 0.25) is 0 Å². The van der Waals surface area contributed by atoms with Crippen molar-refractivity contribution in [3.63, 3.8) is 0 Å². The normalized spacial score (nSPS) is 11.6. The molecule has 0 heterocycles. The molecule has 0 aliphatic rings. The zero-order valence-electron chi connectivity index (χ0n) is 14.0. The Morgan fingerprint density at radius 1 is 1.09 bits per heavy atom. The second-order valence-corrected chi connectivity index (χ2v) is 5.92. The third-order valence-corrected chi connectivity index (χ3v) is 3.47. The summed E-state index contributed by atoms with van der Waals surface area (Å²) < 4.78 is 5.60. The minimum absolute atomic E-state index is 0.112. The van der Waals surface area contributed by atoms with Gasteiger partial charge in [0.1, 0.15) is 5.75 Å². The Hall–Kier alpha value is -2.55. The molecule has 2 aromatic carbocycles. The molecule has 0 unspecified atom stereocenters. The van der Waals surface area contributed by atoms with Gasteiger partial charge < -0.3 is 9.84 Å². The molecule has 0 saturated heterocycles. The van der Waals surface area contributed by atoms with Gasteiger partial charge in [0.2, 0.25) is 0 Å². The van der Waals surface area contributed by atoms with Crippen molar-refractivity contribution in [2.45, 2.75) is 33.8 Å². The lowest BCUT2D eigenvalue weighted by molar-refractivity contribution is -0.130. The first-order valence-corrected chi connectivity index (χ1v) is 7.66. The minimum Gasteiger partial charge on any atom is -0.491 e. The molecule has 2 aromatic rings. The predicted molar refractivity (Wildman–Crippen MR) is 93.6 cm³/mol. The van der Waals surface area contributed by atoms with Crippen molar-refractivity contribution in [2.75, 3.05) is 0 Å². The molecule has 0 aliphatic carbocycles. The van der Waals surface area contributed by atoms with Crippen LogP contribution in [-0.4, -0.2) is 17.2 Å². The van der Waals surface area contributed by atoms with Gasteiger partial charge in [-0.2, -0.15) is 0 Å². The molecule has 0 saturated carbocycles. The lowest BCUT2D eigenvalue weighted by Gasteiger charge is -2.10. The van der Waals surface area contributed by atoms with E-state index in [0.29, 0.717) is 5.57 Å². The second-order valence-electron chi connectivity index (χ2n) is 5.92. The van der Waals surface area contributed by atoms with Gasteiger partial charge in [-0.25, -0.2) is 4.79 Å². The number of benzene rings is 2. The lowest BCUT2D eigenvalue weighted by atomic mass is 9.97. The fourth-order valence-corrected chi connectivity index (χ4v) is 2.45. The molecule has 3 nitrogen and oxygen atoms in total. The Kier molecular flexibility index (Phi) is 5.22. The van der Waals surface area contributed by atoms with Crippen LogP contribution in [0.1, 0.15) is 36.1 Å². The van der Waals surface area contributed by atoms with E-state index in [1.165, 1.54) is 0 Å². The van der Waals surface area contributed by atoms with E-state index in [0.717, 1.165) is 28.0 Å². The molecule has 0 atom stereocenters. The summed E-state index contributed by atoms with van der Waals surface area (Å²) in [6.07, 6.45) is 1.81. The van der Waals surface area contributed by atoms with Gasteiger partial charge in [0.25, 0.3) is 0 Å². The molecule has 0 aromatic heterocycles. The second kappa shape index (κ2) is 7.14. The fraction of sp³-hybridized carbons (Fsp3) is 0.250. The number of carboxylic acids is 1. The highest BCUT2D eigenvalue weighted by Crippen LogP contribution is 2.24. The van der Waals surface area contributed by atoms with Gasteiger partial charge in [-0.05, 0) is 62.6 Å². The van der Waals surface area contributed by atoms with E-state index in [4.69, 9.17) is 4.74 Å². The minimum atomic E-state index is -0.931. The Morgan fingerprint density at radius 2 is 1.74 bits per heavy atom. The molecule has 120 valence electrons. The molecule has 0 aliphatic heterocycles. The molecule has 0 bridgehead atoms. The Morgan fingerprint density at radius 3 is 2.26 bits per heavy atom. The summed E-state index contributed by atoms with van der Waals surface area (Å²) in [7, 11) is 0. The third kappa shape index (κ3) is 4.46. The molecule has 3 heteroatoms. The summed E-state index contributed by atoms with van der Waals surface area (Å²) in [5, 5.41) is 9.56. The van der Waals surface area contributed by atoms with Crippen LogP contribution in [0.15, 0.2) is 42.5 Å². The number of carbonyl (C=O) groups is 1. The quantitative estimate of drug-likeness (QED) is 0.642. The van der Waals surface area contributed by atoms with E-state index in [1.54, 1.807) is 6.08 Å². The van der Waals surface area contributed by atoms with E-state index in [-0.39, 0.29) is 6.10 Å². The smallest absolute Gasteiger partial charge is 0.336 e. The summed E-state index contributed by atoms with van der Waals surface area (Å²) in [5.74, 6) is -0.153. The van der Waals surface area contributed by atoms with Crippen LogP contribution in [0.3, 0.4) is 0 Å². The summed E-state index contributed by atoms with van der Waals surface area (Å²) in [4.78, 5) is 11.7. The number of rotatable bonds is 5. The number of hydrogen-bond donors (Lipinski definition) is 1. The number of aryl methyl sites for hydroxylation is 2. The van der Waals surface area contributed by atoms with E-state index in [2.05, 4.69) is 0 Å². The average Bonchev–Trinajstić information content (AvgIpc) is 2.46. The zero-order valence-corrected chi connectivity index (χ0v) is 14.0. The molecule has 0 amide bonds. The van der Waals surface area contributed by atoms with Crippen molar-refractivity contribution < 1.29 is 14.6 Å². The average molecular weight is 310 g/mol. The molecule has 0 radical (unpaired) electrons. The standard InChI is InChI=1S/C20H22O3/c1-13(2)23-17-8-6-16(7-9-17)12-19(20(21)22)18-10-5-14(3)11-15(18)4/h5-13H,1-4H3,(H,21,22)/b19-12-. The van der Waals surface area contributed by atoms with Gasteiger partial charge in [-0.15, -0.1) is 0 Å². The van der Waals surface area contributed by atoms with Gasteiger partial charge in [-0.3, -0.25) is 0 Å². The summed E-state index contributed by atoms with van der Waals surface area (Å²) >= 11 is 0. The van der Waals surface area contributed by atoms with Crippen LogP contribution in [0, 0.1) is 13.8 Å². The summed E-state index contributed by atoms with van der Waals surface area (Å²) in [5.41, 5.74) is 3.94. The first-order chi connectivity index (χ1) is 10.9. The van der Waals surface area contributed by atoms with Crippen molar-refractivity contribution in [3.8, 4) is 5.75 Å². The van der Waals surface area contributed by atoms with Crippen molar-refractivity contribution in [1.29, 1.82) is 0 Å². The lowest BCUT2D eigenvalue weighted by Crippen LogP contribution is -2.05. The van der Waals surface area contributed by atoms with E-state index < -0.39 is 5.97 Å². The zero-order chi connectivity index (χ0) is 17.0. The van der Waals surface area contributed by atoms with E-state index in [9.17, 15) is 9.90 Å².